The number of aliphatic imine (C=N–C) groups is 1. The molecule has 0 radical (unpaired) electrons. The molecule has 0 saturated carbocycles. The fourth-order valence-corrected chi connectivity index (χ4v) is 0.930. The van der Waals surface area contributed by atoms with Gasteiger partial charge in [-0.1, -0.05) is 0 Å². The van der Waals surface area contributed by atoms with E-state index in [1.165, 1.54) is 0 Å². The molecule has 1 aromatic rings. The quantitative estimate of drug-likeness (QED) is 0.498. The Balaban J connectivity index is 2.50. The Morgan fingerprint density at radius 3 is 3.18 bits per heavy atom. The summed E-state index contributed by atoms with van der Waals surface area (Å²) < 4.78 is 1.97. The first-order chi connectivity index (χ1) is 5.34. The molecule has 0 aromatic carbocycles. The lowest BCUT2D eigenvalue weighted by atomic mass is 10.4. The minimum Gasteiger partial charge on any atom is -0.338 e. The van der Waals surface area contributed by atoms with Gasteiger partial charge in [0.25, 0.3) is 0 Å². The Kier molecular flexibility index (Phi) is 2.95. The van der Waals surface area contributed by atoms with E-state index in [1.807, 2.05) is 17.8 Å². The van der Waals surface area contributed by atoms with E-state index in [9.17, 15) is 0 Å². The van der Waals surface area contributed by atoms with Crippen molar-refractivity contribution in [2.45, 2.75) is 6.42 Å². The maximum Gasteiger partial charge on any atom is 0.110 e. The number of aryl methyl sites for hydroxylation is 1. The van der Waals surface area contributed by atoms with Crippen LogP contribution in [0.5, 0.6) is 0 Å². The molecular weight excluding hydrogens is 158 g/mol. The minimum absolute atomic E-state index is 0.675. The van der Waals surface area contributed by atoms with Crippen LogP contribution in [0.4, 0.5) is 0 Å². The van der Waals surface area contributed by atoms with Gasteiger partial charge in [-0.15, -0.1) is 0 Å². The molecule has 0 atom stereocenters. The van der Waals surface area contributed by atoms with Gasteiger partial charge >= 0.3 is 0 Å². The van der Waals surface area contributed by atoms with Crippen molar-refractivity contribution in [2.24, 2.45) is 12.0 Å². The number of hydrogen-bond donors (Lipinski definition) is 0. The molecule has 0 fully saturated rings. The summed E-state index contributed by atoms with van der Waals surface area (Å²) in [7, 11) is 1.96. The van der Waals surface area contributed by atoms with Crippen LogP contribution in [-0.4, -0.2) is 21.3 Å². The van der Waals surface area contributed by atoms with Gasteiger partial charge in [-0.05, 0) is 12.2 Å². The molecule has 0 N–H and O–H groups in total. The van der Waals surface area contributed by atoms with Crippen molar-refractivity contribution in [3.8, 4) is 0 Å². The van der Waals surface area contributed by atoms with E-state index in [1.54, 1.807) is 6.20 Å². The van der Waals surface area contributed by atoms with E-state index in [4.69, 9.17) is 0 Å². The van der Waals surface area contributed by atoms with Crippen LogP contribution >= 0.6 is 12.2 Å². The molecule has 0 amide bonds. The van der Waals surface area contributed by atoms with Crippen LogP contribution in [0.25, 0.3) is 0 Å². The van der Waals surface area contributed by atoms with Gasteiger partial charge in [0.05, 0.1) is 11.7 Å². The van der Waals surface area contributed by atoms with Gasteiger partial charge < -0.3 is 4.57 Å². The molecule has 3 nitrogen and oxygen atoms in total. The lowest BCUT2D eigenvalue weighted by Gasteiger charge is -1.96. The highest BCUT2D eigenvalue weighted by atomic mass is 32.1. The predicted molar refractivity (Wildman–Crippen MR) is 46.8 cm³/mol. The van der Waals surface area contributed by atoms with Crippen molar-refractivity contribution >= 4 is 17.4 Å². The first kappa shape index (κ1) is 8.11. The summed E-state index contributed by atoms with van der Waals surface area (Å²) in [6, 6.07) is 0. The molecule has 0 bridgehead atoms. The van der Waals surface area contributed by atoms with Crippen molar-refractivity contribution in [3.05, 3.63) is 18.2 Å². The second kappa shape index (κ2) is 4.01. The average Bonchev–Trinajstić information content (AvgIpc) is 2.37. The second-order valence-corrected chi connectivity index (χ2v) is 2.36. The van der Waals surface area contributed by atoms with Crippen LogP contribution in [-0.2, 0) is 13.5 Å². The summed E-state index contributed by atoms with van der Waals surface area (Å²) in [5, 5.41) is 2.32. The van der Waals surface area contributed by atoms with Crippen molar-refractivity contribution in [2.75, 3.05) is 6.54 Å². The molecule has 0 aliphatic rings. The number of imidazole rings is 1. The molecule has 1 aromatic heterocycles. The number of isothiocyanates is 1. The largest absolute Gasteiger partial charge is 0.338 e. The van der Waals surface area contributed by atoms with Crippen molar-refractivity contribution in [1.82, 2.24) is 9.55 Å². The molecule has 58 valence electrons. The number of aromatic nitrogens is 2. The molecule has 1 rings (SSSR count). The monoisotopic (exact) mass is 167 g/mol. The van der Waals surface area contributed by atoms with Gasteiger partial charge in [-0.3, -0.25) is 0 Å². The van der Waals surface area contributed by atoms with Gasteiger partial charge in [-0.2, -0.15) is 0 Å². The zero-order valence-corrected chi connectivity index (χ0v) is 7.14. The van der Waals surface area contributed by atoms with Gasteiger partial charge in [0.2, 0.25) is 0 Å². The molecule has 0 spiro atoms. The third kappa shape index (κ3) is 2.26. The Morgan fingerprint density at radius 2 is 2.64 bits per heavy atom. The fraction of sp³-hybridized carbons (Fsp3) is 0.429. The molecular formula is C7H9N3S. The summed E-state index contributed by atoms with van der Waals surface area (Å²) in [6.07, 6.45) is 4.51. The number of hydrogen-bond acceptors (Lipinski definition) is 3. The van der Waals surface area contributed by atoms with Crippen LogP contribution in [0.15, 0.2) is 17.4 Å². The minimum atomic E-state index is 0.675. The molecule has 0 aliphatic carbocycles. The standard InChI is InChI=1S/C7H9N3S/c1-10-5-4-9-7(10)2-3-8-6-11/h4-5H,2-3H2,1H3. The summed E-state index contributed by atoms with van der Waals surface area (Å²) in [4.78, 5) is 7.93. The van der Waals surface area contributed by atoms with Crippen molar-refractivity contribution in [3.63, 3.8) is 0 Å². The predicted octanol–water partition coefficient (Wildman–Crippen LogP) is 1.07. The molecule has 0 unspecified atom stereocenters. The Hall–Kier alpha value is -0.990. The van der Waals surface area contributed by atoms with E-state index < -0.39 is 0 Å². The van der Waals surface area contributed by atoms with Crippen LogP contribution < -0.4 is 0 Å². The normalized spacial score (nSPS) is 9.18. The zero-order chi connectivity index (χ0) is 8.10. The Morgan fingerprint density at radius 1 is 1.82 bits per heavy atom. The molecule has 11 heavy (non-hydrogen) atoms. The SMILES string of the molecule is Cn1ccnc1CCN=C=S. The Labute approximate surface area is 70.8 Å². The van der Waals surface area contributed by atoms with Gasteiger partial charge in [-0.25, -0.2) is 9.98 Å². The van der Waals surface area contributed by atoms with Crippen LogP contribution in [0, 0.1) is 0 Å². The molecule has 1 heterocycles. The van der Waals surface area contributed by atoms with Gasteiger partial charge in [0, 0.05) is 25.9 Å². The molecule has 0 aliphatic heterocycles. The van der Waals surface area contributed by atoms with Gasteiger partial charge in [0.1, 0.15) is 5.82 Å². The molecule has 0 saturated heterocycles. The highest BCUT2D eigenvalue weighted by molar-refractivity contribution is 7.78. The third-order valence-electron chi connectivity index (χ3n) is 1.43. The molecule has 4 heteroatoms. The van der Waals surface area contributed by atoms with Crippen LogP contribution in [0.2, 0.25) is 0 Å². The van der Waals surface area contributed by atoms with Crippen LogP contribution in [0.1, 0.15) is 5.82 Å². The number of rotatable bonds is 3. The topological polar surface area (TPSA) is 30.2 Å². The van der Waals surface area contributed by atoms with Crippen molar-refractivity contribution < 1.29 is 0 Å². The smallest absolute Gasteiger partial charge is 0.110 e. The highest BCUT2D eigenvalue weighted by Crippen LogP contribution is 1.94. The summed E-state index contributed by atoms with van der Waals surface area (Å²) in [6.45, 7) is 0.675. The van der Waals surface area contributed by atoms with Crippen LogP contribution in [0.3, 0.4) is 0 Å². The summed E-state index contributed by atoms with van der Waals surface area (Å²) >= 11 is 4.44. The number of nitrogens with zero attached hydrogens (tertiary/aromatic N) is 3. The Bertz CT molecular complexity index is 273. The second-order valence-electron chi connectivity index (χ2n) is 2.18. The third-order valence-corrected chi connectivity index (χ3v) is 1.56. The van der Waals surface area contributed by atoms with Gasteiger partial charge in [0.15, 0.2) is 0 Å². The van der Waals surface area contributed by atoms with E-state index in [-0.39, 0.29) is 0 Å². The summed E-state index contributed by atoms with van der Waals surface area (Å²) in [5.41, 5.74) is 0. The van der Waals surface area contributed by atoms with Crippen molar-refractivity contribution in [1.29, 1.82) is 0 Å². The van der Waals surface area contributed by atoms with E-state index >= 15 is 0 Å². The summed E-state index contributed by atoms with van der Waals surface area (Å²) in [5.74, 6) is 1.03. The number of thiocarbonyl (C=S) groups is 1. The maximum absolute atomic E-state index is 4.44. The highest BCUT2D eigenvalue weighted by Gasteiger charge is 1.95. The zero-order valence-electron chi connectivity index (χ0n) is 6.32. The lowest BCUT2D eigenvalue weighted by molar-refractivity contribution is 0.780. The van der Waals surface area contributed by atoms with E-state index in [0.29, 0.717) is 6.54 Å². The fourth-order valence-electron chi connectivity index (χ4n) is 0.839. The van der Waals surface area contributed by atoms with E-state index in [2.05, 4.69) is 27.4 Å². The van der Waals surface area contributed by atoms with E-state index in [0.717, 1.165) is 12.2 Å². The maximum atomic E-state index is 4.44. The first-order valence-corrected chi connectivity index (χ1v) is 3.75. The lowest BCUT2D eigenvalue weighted by Crippen LogP contribution is -1.98. The average molecular weight is 167 g/mol. The first-order valence-electron chi connectivity index (χ1n) is 3.34.